The summed E-state index contributed by atoms with van der Waals surface area (Å²) in [4.78, 5) is 11.7. The van der Waals surface area contributed by atoms with Crippen molar-refractivity contribution in [3.8, 4) is 0 Å². The van der Waals surface area contributed by atoms with Crippen LogP contribution in [0.5, 0.6) is 0 Å². The van der Waals surface area contributed by atoms with E-state index in [0.717, 1.165) is 6.42 Å². The van der Waals surface area contributed by atoms with E-state index in [1.807, 2.05) is 27.7 Å². The van der Waals surface area contributed by atoms with Crippen LogP contribution in [0, 0.1) is 5.92 Å². The number of aliphatic hydroxyl groups excluding tert-OH is 1. The van der Waals surface area contributed by atoms with Gasteiger partial charge in [0.05, 0.1) is 12.0 Å². The second kappa shape index (κ2) is 5.76. The van der Waals surface area contributed by atoms with Gasteiger partial charge in [0.1, 0.15) is 0 Å². The number of hydrogen-bond acceptors (Lipinski definition) is 3. The number of rotatable bonds is 4. The SMILES string of the molecule is CCC[C@H](O)[C@@H](C)C(=O)SC(C)(C)C. The molecule has 0 unspecified atom stereocenters. The first-order valence-electron chi connectivity index (χ1n) is 5.19. The minimum absolute atomic E-state index is 0.0583. The lowest BCUT2D eigenvalue weighted by molar-refractivity contribution is -0.117. The Balaban J connectivity index is 4.12. The molecule has 0 bridgehead atoms. The Labute approximate surface area is 91.5 Å². The van der Waals surface area contributed by atoms with Crippen molar-refractivity contribution in [2.75, 3.05) is 0 Å². The molecule has 0 amide bonds. The second-order valence-electron chi connectivity index (χ2n) is 4.68. The number of aliphatic hydroxyl groups is 1. The van der Waals surface area contributed by atoms with Gasteiger partial charge in [-0.2, -0.15) is 0 Å². The van der Waals surface area contributed by atoms with Crippen molar-refractivity contribution in [1.29, 1.82) is 0 Å². The first-order valence-corrected chi connectivity index (χ1v) is 6.00. The van der Waals surface area contributed by atoms with Crippen LogP contribution in [0.2, 0.25) is 0 Å². The van der Waals surface area contributed by atoms with Crippen LogP contribution in [0.1, 0.15) is 47.5 Å². The molecule has 0 radical (unpaired) electrons. The van der Waals surface area contributed by atoms with Crippen molar-refractivity contribution < 1.29 is 9.90 Å². The van der Waals surface area contributed by atoms with Crippen molar-refractivity contribution in [2.24, 2.45) is 5.92 Å². The zero-order valence-corrected chi connectivity index (χ0v) is 10.6. The van der Waals surface area contributed by atoms with Crippen LogP contribution < -0.4 is 0 Å². The lowest BCUT2D eigenvalue weighted by atomic mass is 10.0. The molecular formula is C11H22O2S. The summed E-state index contributed by atoms with van der Waals surface area (Å²) < 4.78 is -0.0583. The van der Waals surface area contributed by atoms with Gasteiger partial charge < -0.3 is 5.11 Å². The minimum atomic E-state index is -0.484. The van der Waals surface area contributed by atoms with Crippen molar-refractivity contribution in [3.63, 3.8) is 0 Å². The first-order chi connectivity index (χ1) is 6.28. The third-order valence-electron chi connectivity index (χ3n) is 1.94. The fourth-order valence-electron chi connectivity index (χ4n) is 1.10. The van der Waals surface area contributed by atoms with E-state index < -0.39 is 6.10 Å². The second-order valence-corrected chi connectivity index (χ2v) is 6.51. The summed E-state index contributed by atoms with van der Waals surface area (Å²) >= 11 is 1.32. The molecule has 0 rings (SSSR count). The fraction of sp³-hybridized carbons (Fsp3) is 0.909. The van der Waals surface area contributed by atoms with E-state index in [-0.39, 0.29) is 15.8 Å². The third kappa shape index (κ3) is 5.66. The van der Waals surface area contributed by atoms with Gasteiger partial charge in [0.25, 0.3) is 0 Å². The first kappa shape index (κ1) is 14.0. The van der Waals surface area contributed by atoms with Gasteiger partial charge in [-0.05, 0) is 6.42 Å². The molecule has 0 aliphatic rings. The van der Waals surface area contributed by atoms with Crippen LogP contribution >= 0.6 is 11.8 Å². The highest BCUT2D eigenvalue weighted by Gasteiger charge is 2.25. The Morgan fingerprint density at radius 2 is 1.93 bits per heavy atom. The topological polar surface area (TPSA) is 37.3 Å². The molecule has 2 atom stereocenters. The summed E-state index contributed by atoms with van der Waals surface area (Å²) in [5.41, 5.74) is 0. The Morgan fingerprint density at radius 1 is 1.43 bits per heavy atom. The maximum absolute atomic E-state index is 11.7. The lowest BCUT2D eigenvalue weighted by Gasteiger charge is -2.22. The zero-order valence-electron chi connectivity index (χ0n) is 9.83. The molecule has 0 heterocycles. The van der Waals surface area contributed by atoms with E-state index in [4.69, 9.17) is 0 Å². The molecule has 0 saturated carbocycles. The van der Waals surface area contributed by atoms with Crippen molar-refractivity contribution in [2.45, 2.75) is 58.3 Å². The van der Waals surface area contributed by atoms with E-state index in [2.05, 4.69) is 0 Å². The summed E-state index contributed by atoms with van der Waals surface area (Å²) in [5.74, 6) is -0.251. The fourth-order valence-corrected chi connectivity index (χ4v) is 2.04. The Kier molecular flexibility index (Phi) is 5.75. The van der Waals surface area contributed by atoms with Gasteiger partial charge in [0.15, 0.2) is 5.12 Å². The number of hydrogen-bond donors (Lipinski definition) is 1. The van der Waals surface area contributed by atoms with Gasteiger partial charge in [-0.1, -0.05) is 52.8 Å². The summed E-state index contributed by atoms with van der Waals surface area (Å²) in [6, 6.07) is 0. The smallest absolute Gasteiger partial charge is 0.194 e. The Bertz CT molecular complexity index is 184. The zero-order chi connectivity index (χ0) is 11.4. The average Bonchev–Trinajstić information content (AvgIpc) is 2.00. The number of thioether (sulfide) groups is 1. The Morgan fingerprint density at radius 3 is 2.29 bits per heavy atom. The molecule has 0 fully saturated rings. The molecule has 1 N–H and O–H groups in total. The predicted octanol–water partition coefficient (Wildman–Crippen LogP) is 2.84. The predicted molar refractivity (Wildman–Crippen MR) is 62.4 cm³/mol. The molecule has 0 aromatic carbocycles. The molecule has 0 aliphatic carbocycles. The van der Waals surface area contributed by atoms with Gasteiger partial charge in [-0.3, -0.25) is 4.79 Å². The van der Waals surface area contributed by atoms with E-state index in [9.17, 15) is 9.90 Å². The molecule has 0 saturated heterocycles. The highest BCUT2D eigenvalue weighted by Crippen LogP contribution is 2.28. The maximum Gasteiger partial charge on any atom is 0.194 e. The van der Waals surface area contributed by atoms with Crippen LogP contribution in [0.25, 0.3) is 0 Å². The largest absolute Gasteiger partial charge is 0.392 e. The molecule has 2 nitrogen and oxygen atoms in total. The molecule has 84 valence electrons. The molecule has 0 aliphatic heterocycles. The van der Waals surface area contributed by atoms with Crippen molar-refractivity contribution >= 4 is 16.9 Å². The monoisotopic (exact) mass is 218 g/mol. The molecule has 3 heteroatoms. The van der Waals surface area contributed by atoms with Crippen molar-refractivity contribution in [1.82, 2.24) is 0 Å². The molecule has 0 spiro atoms. The summed E-state index contributed by atoms with van der Waals surface area (Å²) in [7, 11) is 0. The number of carbonyl (C=O) groups is 1. The van der Waals surface area contributed by atoms with Crippen LogP contribution in [-0.4, -0.2) is 21.1 Å². The van der Waals surface area contributed by atoms with Gasteiger partial charge >= 0.3 is 0 Å². The van der Waals surface area contributed by atoms with E-state index in [1.54, 1.807) is 6.92 Å². The van der Waals surface area contributed by atoms with Gasteiger partial charge in [-0.15, -0.1) is 0 Å². The van der Waals surface area contributed by atoms with Crippen LogP contribution in [0.15, 0.2) is 0 Å². The molecule has 14 heavy (non-hydrogen) atoms. The van der Waals surface area contributed by atoms with Gasteiger partial charge in [-0.25, -0.2) is 0 Å². The highest BCUT2D eigenvalue weighted by molar-refractivity contribution is 8.14. The van der Waals surface area contributed by atoms with Gasteiger partial charge in [0.2, 0.25) is 0 Å². The lowest BCUT2D eigenvalue weighted by Crippen LogP contribution is -2.26. The highest BCUT2D eigenvalue weighted by atomic mass is 32.2. The van der Waals surface area contributed by atoms with E-state index in [0.29, 0.717) is 6.42 Å². The standard InChI is InChI=1S/C11H22O2S/c1-6-7-9(12)8(2)10(13)14-11(3,4)5/h8-9,12H,6-7H2,1-5H3/t8-,9+/m1/s1. The van der Waals surface area contributed by atoms with Crippen LogP contribution in [0.3, 0.4) is 0 Å². The summed E-state index contributed by atoms with van der Waals surface area (Å²) in [6.45, 7) is 9.84. The minimum Gasteiger partial charge on any atom is -0.392 e. The number of carbonyl (C=O) groups excluding carboxylic acids is 1. The Hall–Kier alpha value is -0.0200. The van der Waals surface area contributed by atoms with E-state index >= 15 is 0 Å². The van der Waals surface area contributed by atoms with Crippen LogP contribution in [-0.2, 0) is 4.79 Å². The quantitative estimate of drug-likeness (QED) is 0.788. The maximum atomic E-state index is 11.7. The summed E-state index contributed by atoms with van der Waals surface area (Å²) in [5, 5.41) is 9.75. The van der Waals surface area contributed by atoms with Gasteiger partial charge in [0, 0.05) is 4.75 Å². The van der Waals surface area contributed by atoms with E-state index in [1.165, 1.54) is 11.8 Å². The van der Waals surface area contributed by atoms with Crippen LogP contribution in [0.4, 0.5) is 0 Å². The molecule has 0 aromatic rings. The molecular weight excluding hydrogens is 196 g/mol. The third-order valence-corrected chi connectivity index (χ3v) is 3.13. The average molecular weight is 218 g/mol. The van der Waals surface area contributed by atoms with Crippen molar-refractivity contribution in [3.05, 3.63) is 0 Å². The molecule has 0 aromatic heterocycles. The normalized spacial score (nSPS) is 16.4. The summed E-state index contributed by atoms with van der Waals surface area (Å²) in [6.07, 6.45) is 1.14.